The molecule has 0 aliphatic carbocycles. The maximum atomic E-state index is 13.4. The second kappa shape index (κ2) is 5.81. The summed E-state index contributed by atoms with van der Waals surface area (Å²) in [5, 5.41) is 11.9. The predicted octanol–water partition coefficient (Wildman–Crippen LogP) is 4.21. The van der Waals surface area contributed by atoms with Gasteiger partial charge in [-0.25, -0.2) is 8.78 Å². The molecule has 0 saturated heterocycles. The molecule has 0 unspecified atom stereocenters. The maximum absolute atomic E-state index is 13.4. The van der Waals surface area contributed by atoms with E-state index in [-0.39, 0.29) is 12.1 Å². The number of nitrogens with one attached hydrogen (secondary N) is 1. The fourth-order valence-electron chi connectivity index (χ4n) is 1.63. The molecule has 0 aliphatic heterocycles. The molecule has 2 nitrogen and oxygen atoms in total. The van der Waals surface area contributed by atoms with Gasteiger partial charge in [-0.1, -0.05) is 15.9 Å². The van der Waals surface area contributed by atoms with Crippen LogP contribution in [0.4, 0.5) is 14.5 Å². The molecule has 0 radical (unpaired) electrons. The summed E-state index contributed by atoms with van der Waals surface area (Å²) in [5.74, 6) is -0.973. The summed E-state index contributed by atoms with van der Waals surface area (Å²) in [6, 6.07) is 10.5. The monoisotopic (exact) mass is 322 g/mol. The van der Waals surface area contributed by atoms with Crippen molar-refractivity contribution in [1.82, 2.24) is 0 Å². The van der Waals surface area contributed by atoms with Crippen molar-refractivity contribution < 1.29 is 8.78 Å². The van der Waals surface area contributed by atoms with E-state index in [2.05, 4.69) is 21.2 Å². The third-order valence-electron chi connectivity index (χ3n) is 2.58. The van der Waals surface area contributed by atoms with Crippen molar-refractivity contribution in [1.29, 1.82) is 5.26 Å². The lowest BCUT2D eigenvalue weighted by Gasteiger charge is -2.09. The van der Waals surface area contributed by atoms with Gasteiger partial charge >= 0.3 is 0 Å². The first-order chi connectivity index (χ1) is 9.10. The summed E-state index contributed by atoms with van der Waals surface area (Å²) < 4.78 is 27.2. The topological polar surface area (TPSA) is 35.8 Å². The molecule has 0 fully saturated rings. The van der Waals surface area contributed by atoms with E-state index in [0.717, 1.165) is 22.7 Å². The molecule has 2 rings (SSSR count). The van der Waals surface area contributed by atoms with Crippen LogP contribution in [0, 0.1) is 23.0 Å². The first-order valence-corrected chi connectivity index (χ1v) is 6.27. The quantitative estimate of drug-likeness (QED) is 0.918. The zero-order valence-electron chi connectivity index (χ0n) is 9.75. The van der Waals surface area contributed by atoms with E-state index in [0.29, 0.717) is 11.3 Å². The van der Waals surface area contributed by atoms with Crippen LogP contribution in [0.15, 0.2) is 40.9 Å². The van der Waals surface area contributed by atoms with Crippen LogP contribution < -0.4 is 5.32 Å². The second-order valence-electron chi connectivity index (χ2n) is 3.89. The number of hydrogen-bond donors (Lipinski definition) is 1. The summed E-state index contributed by atoms with van der Waals surface area (Å²) >= 11 is 3.27. The highest BCUT2D eigenvalue weighted by Crippen LogP contribution is 2.21. The fourth-order valence-corrected chi connectivity index (χ4v) is 1.99. The first kappa shape index (κ1) is 13.5. The van der Waals surface area contributed by atoms with Crippen LogP contribution in [0.5, 0.6) is 0 Å². The van der Waals surface area contributed by atoms with E-state index >= 15 is 0 Å². The van der Waals surface area contributed by atoms with E-state index in [1.807, 2.05) is 6.07 Å². The zero-order valence-corrected chi connectivity index (χ0v) is 11.3. The summed E-state index contributed by atoms with van der Waals surface area (Å²) in [6.07, 6.45) is 0. The van der Waals surface area contributed by atoms with Gasteiger partial charge in [0.25, 0.3) is 0 Å². The number of nitriles is 1. The van der Waals surface area contributed by atoms with E-state index in [1.165, 1.54) is 0 Å². The number of halogens is 3. The third-order valence-corrected chi connectivity index (χ3v) is 3.07. The highest BCUT2D eigenvalue weighted by molar-refractivity contribution is 9.10. The molecule has 0 aliphatic rings. The highest BCUT2D eigenvalue weighted by atomic mass is 79.9. The average Bonchev–Trinajstić information content (AvgIpc) is 2.40. The van der Waals surface area contributed by atoms with Crippen LogP contribution in [-0.2, 0) is 6.54 Å². The van der Waals surface area contributed by atoms with Gasteiger partial charge in [0, 0.05) is 16.6 Å². The van der Waals surface area contributed by atoms with Gasteiger partial charge in [-0.3, -0.25) is 0 Å². The lowest BCUT2D eigenvalue weighted by Crippen LogP contribution is -2.03. The SMILES string of the molecule is N#Cc1cc(Br)ccc1NCc1cc(F)ccc1F. The van der Waals surface area contributed by atoms with Gasteiger partial charge < -0.3 is 5.32 Å². The molecular formula is C14H9BrF2N2. The van der Waals surface area contributed by atoms with E-state index in [1.54, 1.807) is 18.2 Å². The van der Waals surface area contributed by atoms with Crippen molar-refractivity contribution >= 4 is 21.6 Å². The van der Waals surface area contributed by atoms with Crippen LogP contribution in [0.3, 0.4) is 0 Å². The van der Waals surface area contributed by atoms with Crippen molar-refractivity contribution in [3.63, 3.8) is 0 Å². The van der Waals surface area contributed by atoms with Crippen LogP contribution in [0.2, 0.25) is 0 Å². The highest BCUT2D eigenvalue weighted by Gasteiger charge is 2.06. The molecule has 0 atom stereocenters. The Bertz CT molecular complexity index is 650. The maximum Gasteiger partial charge on any atom is 0.128 e. The van der Waals surface area contributed by atoms with Crippen LogP contribution in [0.1, 0.15) is 11.1 Å². The van der Waals surface area contributed by atoms with Gasteiger partial charge in [0.05, 0.1) is 11.3 Å². The molecule has 0 aromatic heterocycles. The minimum Gasteiger partial charge on any atom is -0.380 e. The molecule has 1 N–H and O–H groups in total. The normalized spacial score (nSPS) is 10.0. The molecular weight excluding hydrogens is 314 g/mol. The van der Waals surface area contributed by atoms with Gasteiger partial charge in [-0.05, 0) is 36.4 Å². The van der Waals surface area contributed by atoms with Gasteiger partial charge in [-0.2, -0.15) is 5.26 Å². The summed E-state index contributed by atoms with van der Waals surface area (Å²) in [5.41, 5.74) is 1.23. The second-order valence-corrected chi connectivity index (χ2v) is 4.81. The van der Waals surface area contributed by atoms with Gasteiger partial charge in [0.2, 0.25) is 0 Å². The molecule has 2 aromatic carbocycles. The van der Waals surface area contributed by atoms with E-state index in [9.17, 15) is 8.78 Å². The average molecular weight is 323 g/mol. The van der Waals surface area contributed by atoms with Crippen molar-refractivity contribution in [2.24, 2.45) is 0 Å². The van der Waals surface area contributed by atoms with Crippen LogP contribution in [-0.4, -0.2) is 0 Å². The molecule has 0 amide bonds. The van der Waals surface area contributed by atoms with Crippen molar-refractivity contribution in [2.45, 2.75) is 6.54 Å². The summed E-state index contributed by atoms with van der Waals surface area (Å²) in [4.78, 5) is 0. The summed E-state index contributed by atoms with van der Waals surface area (Å²) in [6.45, 7) is 0.111. The first-order valence-electron chi connectivity index (χ1n) is 5.47. The molecule has 0 spiro atoms. The Balaban J connectivity index is 2.19. The zero-order chi connectivity index (χ0) is 13.8. The van der Waals surface area contributed by atoms with Gasteiger partial charge in [-0.15, -0.1) is 0 Å². The third kappa shape index (κ3) is 3.30. The largest absolute Gasteiger partial charge is 0.380 e. The lowest BCUT2D eigenvalue weighted by atomic mass is 10.1. The fraction of sp³-hybridized carbons (Fsp3) is 0.0714. The van der Waals surface area contributed by atoms with Crippen molar-refractivity contribution in [2.75, 3.05) is 5.32 Å². The molecule has 2 aromatic rings. The molecule has 0 bridgehead atoms. The summed E-state index contributed by atoms with van der Waals surface area (Å²) in [7, 11) is 0. The Morgan fingerprint density at radius 2 is 1.95 bits per heavy atom. The molecule has 19 heavy (non-hydrogen) atoms. The molecule has 0 saturated carbocycles. The van der Waals surface area contributed by atoms with E-state index in [4.69, 9.17) is 5.26 Å². The van der Waals surface area contributed by atoms with E-state index < -0.39 is 11.6 Å². The number of rotatable bonds is 3. The molecule has 96 valence electrons. The Kier molecular flexibility index (Phi) is 4.13. The number of benzene rings is 2. The standard InChI is InChI=1S/C14H9BrF2N2/c15-11-1-4-14(9(5-11)7-18)19-8-10-6-12(16)2-3-13(10)17/h1-6,19H,8H2. The van der Waals surface area contributed by atoms with Gasteiger partial charge in [0.15, 0.2) is 0 Å². The Hall–Kier alpha value is -1.93. The van der Waals surface area contributed by atoms with Gasteiger partial charge in [0.1, 0.15) is 17.7 Å². The smallest absolute Gasteiger partial charge is 0.128 e. The van der Waals surface area contributed by atoms with Crippen LogP contribution >= 0.6 is 15.9 Å². The minimum absolute atomic E-state index is 0.111. The minimum atomic E-state index is -0.491. The number of anilines is 1. The molecule has 0 heterocycles. The predicted molar refractivity (Wildman–Crippen MR) is 72.5 cm³/mol. The van der Waals surface area contributed by atoms with Crippen LogP contribution in [0.25, 0.3) is 0 Å². The van der Waals surface area contributed by atoms with Crippen molar-refractivity contribution in [3.05, 3.63) is 63.6 Å². The Morgan fingerprint density at radius 1 is 1.16 bits per heavy atom. The number of hydrogen-bond acceptors (Lipinski definition) is 2. The van der Waals surface area contributed by atoms with Crippen molar-refractivity contribution in [3.8, 4) is 6.07 Å². The lowest BCUT2D eigenvalue weighted by molar-refractivity contribution is 0.587. The Labute approximate surface area is 117 Å². The number of nitrogens with zero attached hydrogens (tertiary/aromatic N) is 1. The Morgan fingerprint density at radius 3 is 2.68 bits per heavy atom. The molecule has 5 heteroatoms.